The van der Waals surface area contributed by atoms with Crippen LogP contribution in [-0.4, -0.2) is 55.5 Å². The van der Waals surface area contributed by atoms with Crippen LogP contribution in [-0.2, 0) is 19.1 Å². The van der Waals surface area contributed by atoms with Crippen molar-refractivity contribution >= 4 is 18.0 Å². The van der Waals surface area contributed by atoms with Gasteiger partial charge in [0.15, 0.2) is 6.10 Å². The van der Waals surface area contributed by atoms with Gasteiger partial charge in [-0.2, -0.15) is 0 Å². The summed E-state index contributed by atoms with van der Waals surface area (Å²) in [5.74, 6) is -1.69. The SMILES string of the molecule is CCC(C)[C@H](NC(=O)OCC1c2ccccc2-c2ccccc21)C(=O)NCCC(OC)C(=O)O. The number of benzene rings is 2. The second-order valence-corrected chi connectivity index (χ2v) is 8.48. The Morgan fingerprint density at radius 1 is 1.03 bits per heavy atom. The molecule has 2 aromatic rings. The molecule has 2 aromatic carbocycles. The van der Waals surface area contributed by atoms with Crippen molar-refractivity contribution in [1.82, 2.24) is 10.6 Å². The first-order valence-electron chi connectivity index (χ1n) is 11.5. The number of rotatable bonds is 11. The van der Waals surface area contributed by atoms with Crippen molar-refractivity contribution in [3.05, 3.63) is 59.7 Å². The van der Waals surface area contributed by atoms with E-state index in [4.69, 9.17) is 14.6 Å². The van der Waals surface area contributed by atoms with Crippen LogP contribution in [0, 0.1) is 5.92 Å². The number of alkyl carbamates (subject to hydrolysis) is 1. The summed E-state index contributed by atoms with van der Waals surface area (Å²) in [5.41, 5.74) is 4.50. The van der Waals surface area contributed by atoms with E-state index in [9.17, 15) is 14.4 Å². The van der Waals surface area contributed by atoms with Gasteiger partial charge in [0, 0.05) is 26.0 Å². The molecule has 1 aliphatic carbocycles. The average Bonchev–Trinajstić information content (AvgIpc) is 3.16. The Kier molecular flexibility index (Phi) is 8.65. The molecular weight excluding hydrogens is 436 g/mol. The third kappa shape index (κ3) is 5.75. The fraction of sp³-hybridized carbons (Fsp3) is 0.423. The van der Waals surface area contributed by atoms with E-state index in [1.807, 2.05) is 50.2 Å². The van der Waals surface area contributed by atoms with Crippen molar-refractivity contribution < 1.29 is 29.0 Å². The third-order valence-electron chi connectivity index (χ3n) is 6.38. The molecule has 1 aliphatic rings. The Labute approximate surface area is 199 Å². The second kappa shape index (κ2) is 11.7. The van der Waals surface area contributed by atoms with Gasteiger partial charge >= 0.3 is 12.1 Å². The zero-order valence-corrected chi connectivity index (χ0v) is 19.7. The average molecular weight is 469 g/mol. The second-order valence-electron chi connectivity index (χ2n) is 8.48. The Balaban J connectivity index is 1.60. The summed E-state index contributed by atoms with van der Waals surface area (Å²) in [7, 11) is 1.31. The van der Waals surface area contributed by atoms with Gasteiger partial charge in [0.25, 0.3) is 0 Å². The fourth-order valence-corrected chi connectivity index (χ4v) is 4.25. The van der Waals surface area contributed by atoms with Crippen molar-refractivity contribution in [3.8, 4) is 11.1 Å². The van der Waals surface area contributed by atoms with E-state index in [1.54, 1.807) is 0 Å². The summed E-state index contributed by atoms with van der Waals surface area (Å²) in [5, 5.41) is 14.4. The maximum atomic E-state index is 12.7. The number of methoxy groups -OCH3 is 1. The standard InChI is InChI=1S/C26H32N2O6/c1-4-16(2)23(24(29)27-14-13-22(33-3)25(30)31)28-26(32)34-15-21-19-11-7-5-9-17(19)18-10-6-8-12-20(18)21/h5-12,16,21-23H,4,13-15H2,1-3H3,(H,27,29)(H,28,32)(H,30,31)/t16?,22?,23-/m0/s1. The molecule has 2 amide bonds. The molecule has 0 saturated heterocycles. The molecular formula is C26H32N2O6. The number of amides is 2. The lowest BCUT2D eigenvalue weighted by molar-refractivity contribution is -0.149. The number of carbonyl (C=O) groups excluding carboxylic acids is 2. The molecule has 0 bridgehead atoms. The molecule has 0 aromatic heterocycles. The quantitative estimate of drug-likeness (QED) is 0.465. The number of carboxylic acid groups (broad SMARTS) is 1. The lowest BCUT2D eigenvalue weighted by Crippen LogP contribution is -2.51. The molecule has 3 N–H and O–H groups in total. The van der Waals surface area contributed by atoms with Crippen LogP contribution in [0.3, 0.4) is 0 Å². The molecule has 0 aliphatic heterocycles. The molecule has 0 radical (unpaired) electrons. The van der Waals surface area contributed by atoms with Crippen LogP contribution < -0.4 is 10.6 Å². The number of carboxylic acids is 1. The van der Waals surface area contributed by atoms with Crippen molar-refractivity contribution in [1.29, 1.82) is 0 Å². The van der Waals surface area contributed by atoms with Gasteiger partial charge in [-0.05, 0) is 28.2 Å². The molecule has 0 heterocycles. The highest BCUT2D eigenvalue weighted by Gasteiger charge is 2.31. The van der Waals surface area contributed by atoms with E-state index in [2.05, 4.69) is 22.8 Å². The summed E-state index contributed by atoms with van der Waals surface area (Å²) in [6.07, 6.45) is -0.882. The number of aliphatic carboxylic acids is 1. The van der Waals surface area contributed by atoms with E-state index in [1.165, 1.54) is 7.11 Å². The summed E-state index contributed by atoms with van der Waals surface area (Å²) >= 11 is 0. The van der Waals surface area contributed by atoms with E-state index >= 15 is 0 Å². The number of ether oxygens (including phenoxy) is 2. The maximum Gasteiger partial charge on any atom is 0.407 e. The van der Waals surface area contributed by atoms with E-state index in [0.717, 1.165) is 22.3 Å². The van der Waals surface area contributed by atoms with Crippen molar-refractivity contribution in [2.75, 3.05) is 20.3 Å². The predicted molar refractivity (Wildman–Crippen MR) is 128 cm³/mol. The van der Waals surface area contributed by atoms with Crippen LogP contribution in [0.5, 0.6) is 0 Å². The van der Waals surface area contributed by atoms with Gasteiger partial charge in [-0.1, -0.05) is 68.8 Å². The lowest BCUT2D eigenvalue weighted by Gasteiger charge is -2.24. The normalized spacial score (nSPS) is 14.9. The maximum absolute atomic E-state index is 12.7. The molecule has 2 unspecified atom stereocenters. The number of hydrogen-bond acceptors (Lipinski definition) is 5. The number of hydrogen-bond donors (Lipinski definition) is 3. The van der Waals surface area contributed by atoms with Gasteiger partial charge in [0.1, 0.15) is 12.6 Å². The zero-order valence-electron chi connectivity index (χ0n) is 19.7. The van der Waals surface area contributed by atoms with Gasteiger partial charge in [-0.3, -0.25) is 4.79 Å². The highest BCUT2D eigenvalue weighted by molar-refractivity contribution is 5.86. The van der Waals surface area contributed by atoms with Crippen LogP contribution in [0.25, 0.3) is 11.1 Å². The number of fused-ring (bicyclic) bond motifs is 3. The molecule has 0 saturated carbocycles. The Morgan fingerprint density at radius 2 is 1.62 bits per heavy atom. The van der Waals surface area contributed by atoms with Crippen LogP contribution in [0.2, 0.25) is 0 Å². The molecule has 0 spiro atoms. The van der Waals surface area contributed by atoms with Crippen molar-refractivity contribution in [3.63, 3.8) is 0 Å². The summed E-state index contributed by atoms with van der Waals surface area (Å²) in [4.78, 5) is 36.5. The smallest absolute Gasteiger partial charge is 0.407 e. The lowest BCUT2D eigenvalue weighted by atomic mass is 9.98. The minimum Gasteiger partial charge on any atom is -0.479 e. The predicted octanol–water partition coefficient (Wildman–Crippen LogP) is 3.55. The van der Waals surface area contributed by atoms with Crippen LogP contribution in [0.15, 0.2) is 48.5 Å². The van der Waals surface area contributed by atoms with Gasteiger partial charge in [-0.25, -0.2) is 9.59 Å². The van der Waals surface area contributed by atoms with E-state index in [0.29, 0.717) is 6.42 Å². The first-order valence-corrected chi connectivity index (χ1v) is 11.5. The molecule has 182 valence electrons. The monoisotopic (exact) mass is 468 g/mol. The van der Waals surface area contributed by atoms with Gasteiger partial charge in [0.05, 0.1) is 0 Å². The van der Waals surface area contributed by atoms with E-state index in [-0.39, 0.29) is 37.3 Å². The van der Waals surface area contributed by atoms with Crippen LogP contribution in [0.4, 0.5) is 4.79 Å². The van der Waals surface area contributed by atoms with Crippen LogP contribution >= 0.6 is 0 Å². The molecule has 0 fully saturated rings. The number of nitrogens with one attached hydrogen (secondary N) is 2. The summed E-state index contributed by atoms with van der Waals surface area (Å²) < 4.78 is 10.5. The highest BCUT2D eigenvalue weighted by Crippen LogP contribution is 2.44. The third-order valence-corrected chi connectivity index (χ3v) is 6.38. The van der Waals surface area contributed by atoms with Crippen LogP contribution in [0.1, 0.15) is 43.7 Å². The zero-order chi connectivity index (χ0) is 24.7. The van der Waals surface area contributed by atoms with Gasteiger partial charge < -0.3 is 25.2 Å². The Hall–Kier alpha value is -3.39. The topological polar surface area (TPSA) is 114 Å². The van der Waals surface area contributed by atoms with Crippen molar-refractivity contribution in [2.45, 2.75) is 44.8 Å². The molecule has 8 heteroatoms. The Morgan fingerprint density at radius 3 is 2.15 bits per heavy atom. The minimum absolute atomic E-state index is 0.0731. The Bertz CT molecular complexity index is 978. The first-order chi connectivity index (χ1) is 16.4. The molecule has 3 rings (SSSR count). The fourth-order valence-electron chi connectivity index (χ4n) is 4.25. The summed E-state index contributed by atoms with van der Waals surface area (Å²) in [6.45, 7) is 4.06. The van der Waals surface area contributed by atoms with Gasteiger partial charge in [0.2, 0.25) is 5.91 Å². The summed E-state index contributed by atoms with van der Waals surface area (Å²) in [6, 6.07) is 15.3. The molecule has 8 nitrogen and oxygen atoms in total. The molecule has 3 atom stereocenters. The van der Waals surface area contributed by atoms with Crippen molar-refractivity contribution in [2.24, 2.45) is 5.92 Å². The highest BCUT2D eigenvalue weighted by atomic mass is 16.5. The first kappa shape index (κ1) is 25.2. The van der Waals surface area contributed by atoms with Gasteiger partial charge in [-0.15, -0.1) is 0 Å². The van der Waals surface area contributed by atoms with E-state index < -0.39 is 24.2 Å². The largest absolute Gasteiger partial charge is 0.479 e. The minimum atomic E-state index is -1.09. The molecule has 34 heavy (non-hydrogen) atoms. The number of carbonyl (C=O) groups is 3.